The largest absolute Gasteiger partial charge is 0.461 e. The summed E-state index contributed by atoms with van der Waals surface area (Å²) in [6.07, 6.45) is 0. The average Bonchev–Trinajstić information content (AvgIpc) is 3.09. The van der Waals surface area contributed by atoms with Gasteiger partial charge in [0.2, 0.25) is 5.91 Å². The van der Waals surface area contributed by atoms with E-state index in [-0.39, 0.29) is 23.7 Å². The SMILES string of the molecule is CCOC(=O)C1=NN[C@H]2C(=O)N(c3ccc([N+](=O)[O-])cc3)C(=O)[C@H]12. The van der Waals surface area contributed by atoms with Crippen molar-refractivity contribution in [2.45, 2.75) is 13.0 Å². The van der Waals surface area contributed by atoms with E-state index >= 15 is 0 Å². The van der Waals surface area contributed by atoms with E-state index in [1.807, 2.05) is 0 Å². The van der Waals surface area contributed by atoms with Crippen molar-refractivity contribution >= 4 is 34.9 Å². The summed E-state index contributed by atoms with van der Waals surface area (Å²) in [5.74, 6) is -3.03. The molecule has 1 aromatic carbocycles. The van der Waals surface area contributed by atoms with Crippen LogP contribution in [-0.4, -0.2) is 41.1 Å². The van der Waals surface area contributed by atoms with E-state index in [2.05, 4.69) is 10.5 Å². The van der Waals surface area contributed by atoms with Gasteiger partial charge in [-0.2, -0.15) is 5.10 Å². The van der Waals surface area contributed by atoms with Crippen molar-refractivity contribution in [1.82, 2.24) is 5.43 Å². The van der Waals surface area contributed by atoms with E-state index in [4.69, 9.17) is 4.74 Å². The number of nitro benzene ring substituents is 1. The van der Waals surface area contributed by atoms with Crippen LogP contribution in [0.2, 0.25) is 0 Å². The number of ether oxygens (including phenoxy) is 1. The molecule has 0 radical (unpaired) electrons. The van der Waals surface area contributed by atoms with Crippen LogP contribution in [0.1, 0.15) is 6.92 Å². The molecular formula is C14H12N4O6. The van der Waals surface area contributed by atoms with Crippen molar-refractivity contribution in [2.24, 2.45) is 11.0 Å². The number of fused-ring (bicyclic) bond motifs is 1. The molecule has 24 heavy (non-hydrogen) atoms. The first-order chi connectivity index (χ1) is 11.5. The number of amides is 2. The second-order valence-electron chi connectivity index (χ2n) is 5.09. The van der Waals surface area contributed by atoms with E-state index in [1.54, 1.807) is 6.92 Å². The molecule has 0 bridgehead atoms. The van der Waals surface area contributed by atoms with Crippen LogP contribution < -0.4 is 10.3 Å². The van der Waals surface area contributed by atoms with Crippen molar-refractivity contribution in [3.8, 4) is 0 Å². The Bertz CT molecular complexity index is 772. The zero-order valence-electron chi connectivity index (χ0n) is 12.5. The summed E-state index contributed by atoms with van der Waals surface area (Å²) in [5, 5.41) is 14.4. The summed E-state index contributed by atoms with van der Waals surface area (Å²) in [6, 6.07) is 4.01. The number of carbonyl (C=O) groups excluding carboxylic acids is 3. The Kier molecular flexibility index (Phi) is 3.72. The number of nitrogens with zero attached hydrogens (tertiary/aromatic N) is 3. The first-order valence-corrected chi connectivity index (χ1v) is 7.08. The van der Waals surface area contributed by atoms with Gasteiger partial charge in [-0.15, -0.1) is 0 Å². The lowest BCUT2D eigenvalue weighted by Gasteiger charge is -2.15. The summed E-state index contributed by atoms with van der Waals surface area (Å²) in [5.41, 5.74) is 2.36. The molecule has 2 heterocycles. The second kappa shape index (κ2) is 5.72. The van der Waals surface area contributed by atoms with Crippen LogP contribution in [0.3, 0.4) is 0 Å². The first kappa shape index (κ1) is 15.6. The highest BCUT2D eigenvalue weighted by atomic mass is 16.6. The van der Waals surface area contributed by atoms with Gasteiger partial charge in [-0.3, -0.25) is 25.1 Å². The van der Waals surface area contributed by atoms with Crippen LogP contribution in [0.5, 0.6) is 0 Å². The number of rotatable bonds is 4. The molecule has 124 valence electrons. The summed E-state index contributed by atoms with van der Waals surface area (Å²) < 4.78 is 4.83. The van der Waals surface area contributed by atoms with Gasteiger partial charge in [0.05, 0.1) is 17.2 Å². The maximum absolute atomic E-state index is 12.6. The first-order valence-electron chi connectivity index (χ1n) is 7.08. The van der Waals surface area contributed by atoms with Gasteiger partial charge in [-0.1, -0.05) is 0 Å². The fourth-order valence-corrected chi connectivity index (χ4v) is 2.64. The van der Waals surface area contributed by atoms with E-state index in [9.17, 15) is 24.5 Å². The Morgan fingerprint density at radius 2 is 2.00 bits per heavy atom. The Balaban J connectivity index is 1.89. The zero-order chi connectivity index (χ0) is 17.4. The van der Waals surface area contributed by atoms with E-state index in [0.29, 0.717) is 0 Å². The van der Waals surface area contributed by atoms with Gasteiger partial charge in [0.15, 0.2) is 5.71 Å². The number of esters is 1. The molecule has 1 aromatic rings. The number of carbonyl (C=O) groups is 3. The van der Waals surface area contributed by atoms with Gasteiger partial charge in [-0.25, -0.2) is 9.69 Å². The Morgan fingerprint density at radius 1 is 1.33 bits per heavy atom. The Labute approximate surface area is 135 Å². The fourth-order valence-electron chi connectivity index (χ4n) is 2.64. The van der Waals surface area contributed by atoms with Gasteiger partial charge < -0.3 is 4.74 Å². The van der Waals surface area contributed by atoms with Gasteiger partial charge in [0, 0.05) is 12.1 Å². The molecule has 2 amide bonds. The van der Waals surface area contributed by atoms with Crippen LogP contribution in [0, 0.1) is 16.0 Å². The molecule has 1 saturated heterocycles. The zero-order valence-corrected chi connectivity index (χ0v) is 12.5. The minimum absolute atomic E-state index is 0.115. The minimum atomic E-state index is -1.06. The molecular weight excluding hydrogens is 320 g/mol. The molecule has 1 N–H and O–H groups in total. The maximum Gasteiger partial charge on any atom is 0.355 e. The third kappa shape index (κ3) is 2.28. The molecule has 3 rings (SSSR count). The van der Waals surface area contributed by atoms with Gasteiger partial charge in [0.25, 0.3) is 11.6 Å². The van der Waals surface area contributed by atoms with Gasteiger partial charge in [-0.05, 0) is 19.1 Å². The standard InChI is InChI=1S/C14H12N4O6/c1-2-24-14(21)11-9-10(15-16-11)13(20)17(12(9)19)7-3-5-8(6-4-7)18(22)23/h3-6,9-10,15H,2H2,1H3/t9-,10+/m0/s1. The summed E-state index contributed by atoms with van der Waals surface area (Å²) in [4.78, 5) is 47.8. The van der Waals surface area contributed by atoms with Crippen molar-refractivity contribution in [2.75, 3.05) is 11.5 Å². The number of hydrogen-bond acceptors (Lipinski definition) is 8. The number of benzene rings is 1. The summed E-state index contributed by atoms with van der Waals surface area (Å²) in [6.45, 7) is 1.73. The van der Waals surface area contributed by atoms with E-state index < -0.39 is 34.7 Å². The smallest absolute Gasteiger partial charge is 0.355 e. The molecule has 10 nitrogen and oxygen atoms in total. The molecule has 2 aliphatic rings. The normalized spacial score (nSPS) is 22.0. The third-order valence-corrected chi connectivity index (χ3v) is 3.73. The predicted octanol–water partition coefficient (Wildman–Crippen LogP) is -0.0249. The second-order valence-corrected chi connectivity index (χ2v) is 5.09. The van der Waals surface area contributed by atoms with Crippen LogP contribution in [0.15, 0.2) is 29.4 Å². The fraction of sp³-hybridized carbons (Fsp3) is 0.286. The molecule has 0 spiro atoms. The maximum atomic E-state index is 12.6. The molecule has 0 aliphatic carbocycles. The topological polar surface area (TPSA) is 131 Å². The number of hydrogen-bond donors (Lipinski definition) is 1. The summed E-state index contributed by atoms with van der Waals surface area (Å²) in [7, 11) is 0. The molecule has 2 aliphatic heterocycles. The molecule has 2 atom stereocenters. The van der Waals surface area contributed by atoms with Crippen LogP contribution in [0.4, 0.5) is 11.4 Å². The highest BCUT2D eigenvalue weighted by Crippen LogP contribution is 2.31. The lowest BCUT2D eigenvalue weighted by atomic mass is 9.99. The molecule has 0 aromatic heterocycles. The highest BCUT2D eigenvalue weighted by Gasteiger charge is 2.55. The quantitative estimate of drug-likeness (QED) is 0.354. The number of anilines is 1. The minimum Gasteiger partial charge on any atom is -0.461 e. The van der Waals surface area contributed by atoms with Crippen LogP contribution in [-0.2, 0) is 19.1 Å². The predicted molar refractivity (Wildman–Crippen MR) is 80.1 cm³/mol. The number of nitrogens with one attached hydrogen (secondary N) is 1. The van der Waals surface area contributed by atoms with E-state index in [0.717, 1.165) is 4.90 Å². The third-order valence-electron chi connectivity index (χ3n) is 3.73. The lowest BCUT2D eigenvalue weighted by molar-refractivity contribution is -0.384. The van der Waals surface area contributed by atoms with Crippen molar-refractivity contribution in [3.63, 3.8) is 0 Å². The monoisotopic (exact) mass is 332 g/mol. The lowest BCUT2D eigenvalue weighted by Crippen LogP contribution is -2.36. The molecule has 10 heteroatoms. The Hall–Kier alpha value is -3.30. The highest BCUT2D eigenvalue weighted by molar-refractivity contribution is 6.46. The van der Waals surface area contributed by atoms with Crippen LogP contribution in [0.25, 0.3) is 0 Å². The van der Waals surface area contributed by atoms with E-state index in [1.165, 1.54) is 24.3 Å². The molecule has 1 fully saturated rings. The average molecular weight is 332 g/mol. The van der Waals surface area contributed by atoms with Crippen molar-refractivity contribution in [1.29, 1.82) is 0 Å². The number of imide groups is 1. The van der Waals surface area contributed by atoms with Crippen molar-refractivity contribution < 1.29 is 24.0 Å². The Morgan fingerprint density at radius 3 is 2.58 bits per heavy atom. The number of hydrazone groups is 1. The van der Waals surface area contributed by atoms with Gasteiger partial charge >= 0.3 is 5.97 Å². The van der Waals surface area contributed by atoms with Crippen molar-refractivity contribution in [3.05, 3.63) is 34.4 Å². The summed E-state index contributed by atoms with van der Waals surface area (Å²) >= 11 is 0. The number of non-ortho nitro benzene ring substituents is 1. The molecule has 0 unspecified atom stereocenters. The van der Waals surface area contributed by atoms with Gasteiger partial charge in [0.1, 0.15) is 12.0 Å². The van der Waals surface area contributed by atoms with Crippen LogP contribution >= 0.6 is 0 Å². The number of nitro groups is 1. The molecule has 0 saturated carbocycles.